The second-order valence-corrected chi connectivity index (χ2v) is 6.02. The van der Waals surface area contributed by atoms with E-state index in [9.17, 15) is 0 Å². The van der Waals surface area contributed by atoms with E-state index in [0.717, 1.165) is 0 Å². The Labute approximate surface area is 66.5 Å². The van der Waals surface area contributed by atoms with Crippen molar-refractivity contribution in [3.05, 3.63) is 18.7 Å². The van der Waals surface area contributed by atoms with Crippen molar-refractivity contribution in [3.8, 4) is 0 Å². The van der Waals surface area contributed by atoms with Crippen molar-refractivity contribution >= 4 is 14.4 Å². The molecule has 0 bridgehead atoms. The maximum Gasteiger partial charge on any atom is 0.419 e. The molecular weight excluding hydrogens is 139 g/mol. The molecule has 0 atom stereocenters. The standard InChI is InChI=1S/C3H3N2.2C2H5.Al/c1-2-5-3-4-1;2*1-2;/h1-3H;2*1H2,2H3;/q-1;;;+1. The van der Waals surface area contributed by atoms with Gasteiger partial charge in [-0.25, -0.2) is 4.98 Å². The van der Waals surface area contributed by atoms with Crippen molar-refractivity contribution in [2.24, 2.45) is 0 Å². The van der Waals surface area contributed by atoms with Crippen molar-refractivity contribution in [2.45, 2.75) is 24.4 Å². The maximum absolute atomic E-state index is 4.04. The lowest BCUT2D eigenvalue weighted by molar-refractivity contribution is 1.09. The van der Waals surface area contributed by atoms with Crippen LogP contribution in [0, 0.1) is 0 Å². The van der Waals surface area contributed by atoms with E-state index in [0.29, 0.717) is 0 Å². The third kappa shape index (κ3) is 1.62. The highest BCUT2D eigenvalue weighted by Gasteiger charge is 2.14. The van der Waals surface area contributed by atoms with E-state index in [4.69, 9.17) is 0 Å². The summed E-state index contributed by atoms with van der Waals surface area (Å²) in [5.41, 5.74) is 0. The molecule has 1 aromatic rings. The normalized spacial score (nSPS) is 9.80. The molecule has 0 N–H and O–H groups in total. The van der Waals surface area contributed by atoms with Crippen LogP contribution in [0.1, 0.15) is 13.8 Å². The second kappa shape index (κ2) is 3.80. The molecule has 0 aliphatic rings. The Morgan fingerprint density at radius 3 is 2.50 bits per heavy atom. The largest absolute Gasteiger partial charge is 0.430 e. The van der Waals surface area contributed by atoms with Crippen molar-refractivity contribution in [1.82, 2.24) is 8.53 Å². The highest BCUT2D eigenvalue weighted by molar-refractivity contribution is 6.56. The minimum Gasteiger partial charge on any atom is -0.430 e. The van der Waals surface area contributed by atoms with Gasteiger partial charge in [0.15, 0.2) is 0 Å². The summed E-state index contributed by atoms with van der Waals surface area (Å²) in [5.74, 6) is 0. The summed E-state index contributed by atoms with van der Waals surface area (Å²) < 4.78 is 2.31. The van der Waals surface area contributed by atoms with Crippen LogP contribution < -0.4 is 0 Å². The lowest BCUT2D eigenvalue weighted by Gasteiger charge is -2.05. The number of aromatic nitrogens is 2. The molecule has 0 aliphatic carbocycles. The minimum atomic E-state index is -0.647. The molecule has 0 amide bonds. The van der Waals surface area contributed by atoms with E-state index in [2.05, 4.69) is 28.6 Å². The summed E-state index contributed by atoms with van der Waals surface area (Å²) in [6.45, 7) is 4.53. The van der Waals surface area contributed by atoms with Crippen LogP contribution in [0.5, 0.6) is 0 Å². The predicted octanol–water partition coefficient (Wildman–Crippen LogP) is 1.76. The Bertz CT molecular complexity index is 168. The Morgan fingerprint density at radius 1 is 1.40 bits per heavy atom. The maximum atomic E-state index is 4.04. The van der Waals surface area contributed by atoms with E-state index >= 15 is 0 Å². The van der Waals surface area contributed by atoms with E-state index in [-0.39, 0.29) is 0 Å². The Morgan fingerprint density at radius 2 is 2.10 bits per heavy atom. The Balaban J connectivity index is 2.64. The monoisotopic (exact) mass is 152 g/mol. The van der Waals surface area contributed by atoms with Gasteiger partial charge in [0.05, 0.1) is 6.33 Å². The van der Waals surface area contributed by atoms with Crippen LogP contribution in [-0.4, -0.2) is 22.9 Å². The number of nitrogens with zero attached hydrogens (tertiary/aromatic N) is 2. The van der Waals surface area contributed by atoms with E-state index < -0.39 is 14.4 Å². The van der Waals surface area contributed by atoms with Crippen LogP contribution in [0.3, 0.4) is 0 Å². The zero-order valence-corrected chi connectivity index (χ0v) is 7.77. The van der Waals surface area contributed by atoms with Gasteiger partial charge in [0.2, 0.25) is 0 Å². The van der Waals surface area contributed by atoms with Gasteiger partial charge in [-0.05, 0) is 6.20 Å². The molecule has 0 aromatic carbocycles. The van der Waals surface area contributed by atoms with Crippen LogP contribution >= 0.6 is 0 Å². The van der Waals surface area contributed by atoms with Gasteiger partial charge in [0.25, 0.3) is 0 Å². The second-order valence-electron chi connectivity index (χ2n) is 2.48. The van der Waals surface area contributed by atoms with Gasteiger partial charge in [-0.3, -0.25) is 0 Å². The van der Waals surface area contributed by atoms with Crippen LogP contribution in [-0.2, 0) is 0 Å². The van der Waals surface area contributed by atoms with Gasteiger partial charge in [0.1, 0.15) is 0 Å². The molecule has 54 valence electrons. The summed E-state index contributed by atoms with van der Waals surface area (Å²) >= 11 is -0.647. The molecule has 2 nitrogen and oxygen atoms in total. The number of hydrogen-bond donors (Lipinski definition) is 0. The van der Waals surface area contributed by atoms with Crippen molar-refractivity contribution in [1.29, 1.82) is 0 Å². The van der Waals surface area contributed by atoms with Crippen molar-refractivity contribution < 1.29 is 0 Å². The number of hydrogen-bond acceptors (Lipinski definition) is 1. The van der Waals surface area contributed by atoms with Crippen LogP contribution in [0.15, 0.2) is 18.7 Å². The van der Waals surface area contributed by atoms with Gasteiger partial charge in [-0.15, -0.1) is 0 Å². The zero-order chi connectivity index (χ0) is 7.40. The molecule has 3 heteroatoms. The summed E-state index contributed by atoms with van der Waals surface area (Å²) in [4.78, 5) is 4.04. The topological polar surface area (TPSA) is 17.8 Å². The molecule has 1 aromatic heterocycles. The first-order valence-corrected chi connectivity index (χ1v) is 6.00. The fraction of sp³-hybridized carbons (Fsp3) is 0.571. The first-order chi connectivity index (χ1) is 4.88. The molecular formula is C7H13AlN2. The molecule has 0 aliphatic heterocycles. The van der Waals surface area contributed by atoms with Gasteiger partial charge >= 0.3 is 14.4 Å². The third-order valence-corrected chi connectivity index (χ3v) is 4.92. The lowest BCUT2D eigenvalue weighted by atomic mass is 10.9. The lowest BCUT2D eigenvalue weighted by Crippen LogP contribution is -2.19. The van der Waals surface area contributed by atoms with Crippen LogP contribution in [0.2, 0.25) is 10.6 Å². The minimum absolute atomic E-state index is 0.647. The van der Waals surface area contributed by atoms with Gasteiger partial charge in [0, 0.05) is 6.20 Å². The van der Waals surface area contributed by atoms with Crippen molar-refractivity contribution in [2.75, 3.05) is 0 Å². The first-order valence-electron chi connectivity index (χ1n) is 3.86. The fourth-order valence-corrected chi connectivity index (χ4v) is 3.20. The molecule has 0 saturated carbocycles. The van der Waals surface area contributed by atoms with Gasteiger partial charge in [-0.2, -0.15) is 0 Å². The van der Waals surface area contributed by atoms with Crippen LogP contribution in [0.4, 0.5) is 0 Å². The van der Waals surface area contributed by atoms with E-state index in [1.807, 2.05) is 12.5 Å². The summed E-state index contributed by atoms with van der Waals surface area (Å²) in [6, 6.07) is 0. The predicted molar refractivity (Wildman–Crippen MR) is 44.3 cm³/mol. The Hall–Kier alpha value is -0.258. The summed E-state index contributed by atoms with van der Waals surface area (Å²) in [6.07, 6.45) is 5.90. The first kappa shape index (κ1) is 7.85. The molecule has 1 rings (SSSR count). The fourth-order valence-electron chi connectivity index (χ4n) is 1.20. The third-order valence-electron chi connectivity index (χ3n) is 1.89. The average Bonchev–Trinajstić information content (AvgIpc) is 2.43. The van der Waals surface area contributed by atoms with E-state index in [1.54, 1.807) is 0 Å². The van der Waals surface area contributed by atoms with E-state index in [1.165, 1.54) is 10.6 Å². The molecule has 0 radical (unpaired) electrons. The zero-order valence-electron chi connectivity index (χ0n) is 6.62. The molecule has 0 spiro atoms. The molecule has 10 heavy (non-hydrogen) atoms. The Kier molecular flexibility index (Phi) is 2.98. The molecule has 0 saturated heterocycles. The quantitative estimate of drug-likeness (QED) is 0.603. The molecule has 0 unspecified atom stereocenters. The van der Waals surface area contributed by atoms with Gasteiger partial charge < -0.3 is 3.55 Å². The van der Waals surface area contributed by atoms with Crippen molar-refractivity contribution in [3.63, 3.8) is 0 Å². The molecule has 1 heterocycles. The van der Waals surface area contributed by atoms with Crippen LogP contribution in [0.25, 0.3) is 0 Å². The highest BCUT2D eigenvalue weighted by atomic mass is 27.2. The average molecular weight is 152 g/mol. The highest BCUT2D eigenvalue weighted by Crippen LogP contribution is 2.00. The van der Waals surface area contributed by atoms with Gasteiger partial charge in [-0.1, -0.05) is 24.4 Å². The number of imidazole rings is 1. The smallest absolute Gasteiger partial charge is 0.419 e. The molecule has 0 fully saturated rings. The SMILES string of the molecule is C[CH2][Al]([CH2]C)[n]1ccnc1. The summed E-state index contributed by atoms with van der Waals surface area (Å²) in [7, 11) is 0. The number of rotatable bonds is 3. The summed E-state index contributed by atoms with van der Waals surface area (Å²) in [5, 5.41) is 2.65.